The molecule has 1 aromatic rings. The molecule has 0 aromatic carbocycles. The molecule has 0 saturated carbocycles. The van der Waals surface area contributed by atoms with Crippen molar-refractivity contribution in [3.05, 3.63) is 28.5 Å². The molecule has 0 spiro atoms. The standard InChI is InChI=1S/C13H20BrClN2/c1-3-13(4-2)17(6-5-15)10-11-7-12(14)9-16-8-11/h7-9,13H,3-6,10H2,1-2H3. The lowest BCUT2D eigenvalue weighted by Gasteiger charge is -2.29. The van der Waals surface area contributed by atoms with E-state index < -0.39 is 0 Å². The van der Waals surface area contributed by atoms with Gasteiger partial charge in [-0.2, -0.15) is 0 Å². The van der Waals surface area contributed by atoms with Gasteiger partial charge in [-0.25, -0.2) is 0 Å². The van der Waals surface area contributed by atoms with Crippen molar-refractivity contribution in [1.29, 1.82) is 0 Å². The highest BCUT2D eigenvalue weighted by molar-refractivity contribution is 9.10. The van der Waals surface area contributed by atoms with Crippen LogP contribution in [-0.4, -0.2) is 28.4 Å². The van der Waals surface area contributed by atoms with E-state index in [1.807, 2.05) is 12.4 Å². The van der Waals surface area contributed by atoms with Crippen LogP contribution in [0.2, 0.25) is 0 Å². The van der Waals surface area contributed by atoms with Gasteiger partial charge < -0.3 is 0 Å². The molecule has 0 aliphatic carbocycles. The fraction of sp³-hybridized carbons (Fsp3) is 0.615. The number of pyridine rings is 1. The van der Waals surface area contributed by atoms with E-state index in [4.69, 9.17) is 11.6 Å². The zero-order chi connectivity index (χ0) is 12.7. The van der Waals surface area contributed by atoms with Crippen molar-refractivity contribution < 1.29 is 0 Å². The molecule has 0 aliphatic heterocycles. The molecule has 0 aliphatic rings. The molecule has 0 N–H and O–H groups in total. The third-order valence-corrected chi connectivity index (χ3v) is 3.58. The molecule has 0 saturated heterocycles. The van der Waals surface area contributed by atoms with Crippen molar-refractivity contribution in [3.8, 4) is 0 Å². The van der Waals surface area contributed by atoms with Crippen LogP contribution < -0.4 is 0 Å². The van der Waals surface area contributed by atoms with E-state index in [0.29, 0.717) is 11.9 Å². The first-order chi connectivity index (χ1) is 8.21. The summed E-state index contributed by atoms with van der Waals surface area (Å²) >= 11 is 9.34. The molecule has 0 atom stereocenters. The number of rotatable bonds is 7. The van der Waals surface area contributed by atoms with Gasteiger partial charge in [0.1, 0.15) is 0 Å². The predicted octanol–water partition coefficient (Wildman–Crippen LogP) is 4.07. The Labute approximate surface area is 118 Å². The molecular weight excluding hydrogens is 300 g/mol. The Balaban J connectivity index is 2.71. The van der Waals surface area contributed by atoms with Crippen molar-refractivity contribution in [2.75, 3.05) is 12.4 Å². The van der Waals surface area contributed by atoms with Crippen LogP contribution in [0.4, 0.5) is 0 Å². The van der Waals surface area contributed by atoms with Crippen LogP contribution in [0, 0.1) is 0 Å². The number of alkyl halides is 1. The van der Waals surface area contributed by atoms with Crippen molar-refractivity contribution in [2.24, 2.45) is 0 Å². The van der Waals surface area contributed by atoms with E-state index >= 15 is 0 Å². The highest BCUT2D eigenvalue weighted by atomic mass is 79.9. The molecule has 0 bridgehead atoms. The Morgan fingerprint density at radius 2 is 2.06 bits per heavy atom. The second kappa shape index (κ2) is 8.06. The molecule has 0 unspecified atom stereocenters. The molecule has 0 amide bonds. The van der Waals surface area contributed by atoms with Crippen molar-refractivity contribution in [1.82, 2.24) is 9.88 Å². The van der Waals surface area contributed by atoms with Crippen LogP contribution in [0.15, 0.2) is 22.9 Å². The summed E-state index contributed by atoms with van der Waals surface area (Å²) in [6, 6.07) is 2.73. The van der Waals surface area contributed by atoms with Gasteiger partial charge in [0.25, 0.3) is 0 Å². The van der Waals surface area contributed by atoms with Crippen LogP contribution in [-0.2, 0) is 6.54 Å². The van der Waals surface area contributed by atoms with Crippen LogP contribution in [0.1, 0.15) is 32.3 Å². The van der Waals surface area contributed by atoms with Gasteiger partial charge in [0.15, 0.2) is 0 Å². The maximum Gasteiger partial charge on any atom is 0.0410 e. The minimum atomic E-state index is 0.604. The summed E-state index contributed by atoms with van der Waals surface area (Å²) in [5.41, 5.74) is 1.23. The summed E-state index contributed by atoms with van der Waals surface area (Å²) in [7, 11) is 0. The van der Waals surface area contributed by atoms with Crippen molar-refractivity contribution >= 4 is 27.5 Å². The molecule has 2 nitrogen and oxygen atoms in total. The number of halogens is 2. The maximum atomic E-state index is 5.89. The maximum absolute atomic E-state index is 5.89. The summed E-state index contributed by atoms with van der Waals surface area (Å²) in [6.07, 6.45) is 6.06. The van der Waals surface area contributed by atoms with Gasteiger partial charge in [-0.05, 0) is 40.4 Å². The lowest BCUT2D eigenvalue weighted by atomic mass is 10.1. The van der Waals surface area contributed by atoms with E-state index in [0.717, 1.165) is 30.4 Å². The lowest BCUT2D eigenvalue weighted by molar-refractivity contribution is 0.188. The minimum Gasteiger partial charge on any atom is -0.295 e. The Kier molecular flexibility index (Phi) is 7.09. The van der Waals surface area contributed by atoms with Gasteiger partial charge in [-0.1, -0.05) is 13.8 Å². The molecule has 1 aromatic heterocycles. The first kappa shape index (κ1) is 14.9. The summed E-state index contributed by atoms with van der Waals surface area (Å²) < 4.78 is 1.03. The Morgan fingerprint density at radius 1 is 1.35 bits per heavy atom. The van der Waals surface area contributed by atoms with E-state index in [1.165, 1.54) is 5.56 Å². The molecule has 1 rings (SSSR count). The number of aromatic nitrogens is 1. The van der Waals surface area contributed by atoms with Crippen LogP contribution in [0.5, 0.6) is 0 Å². The number of hydrogen-bond acceptors (Lipinski definition) is 2. The normalized spacial score (nSPS) is 11.4. The van der Waals surface area contributed by atoms with E-state index in [1.54, 1.807) is 0 Å². The molecule has 0 radical (unpaired) electrons. The van der Waals surface area contributed by atoms with Crippen molar-refractivity contribution in [3.63, 3.8) is 0 Å². The largest absolute Gasteiger partial charge is 0.295 e. The second-order valence-electron chi connectivity index (χ2n) is 4.14. The average molecular weight is 320 g/mol. The topological polar surface area (TPSA) is 16.1 Å². The Hall–Kier alpha value is -0.120. The summed E-state index contributed by atoms with van der Waals surface area (Å²) in [4.78, 5) is 6.64. The van der Waals surface area contributed by atoms with E-state index in [-0.39, 0.29) is 0 Å². The highest BCUT2D eigenvalue weighted by Crippen LogP contribution is 2.16. The Morgan fingerprint density at radius 3 is 2.59 bits per heavy atom. The fourth-order valence-electron chi connectivity index (χ4n) is 2.08. The summed E-state index contributed by atoms with van der Waals surface area (Å²) in [5, 5.41) is 0. The fourth-order valence-corrected chi connectivity index (χ4v) is 2.71. The lowest BCUT2D eigenvalue weighted by Crippen LogP contribution is -2.35. The number of nitrogens with zero attached hydrogens (tertiary/aromatic N) is 2. The SMILES string of the molecule is CCC(CC)N(CCCl)Cc1cncc(Br)c1. The van der Waals surface area contributed by atoms with Gasteiger partial charge in [-0.3, -0.25) is 9.88 Å². The van der Waals surface area contributed by atoms with Gasteiger partial charge in [0.05, 0.1) is 0 Å². The highest BCUT2D eigenvalue weighted by Gasteiger charge is 2.14. The van der Waals surface area contributed by atoms with Gasteiger partial charge in [0, 0.05) is 41.9 Å². The third-order valence-electron chi connectivity index (χ3n) is 2.98. The second-order valence-corrected chi connectivity index (χ2v) is 5.43. The van der Waals surface area contributed by atoms with Crippen LogP contribution in [0.3, 0.4) is 0 Å². The molecule has 96 valence electrons. The summed E-state index contributed by atoms with van der Waals surface area (Å²) in [6.45, 7) is 6.31. The monoisotopic (exact) mass is 318 g/mol. The molecule has 4 heteroatoms. The number of hydrogen-bond donors (Lipinski definition) is 0. The molecule has 1 heterocycles. The zero-order valence-electron chi connectivity index (χ0n) is 10.5. The average Bonchev–Trinajstić information content (AvgIpc) is 2.31. The van der Waals surface area contributed by atoms with Gasteiger partial charge in [0.2, 0.25) is 0 Å². The zero-order valence-corrected chi connectivity index (χ0v) is 12.8. The minimum absolute atomic E-state index is 0.604. The van der Waals surface area contributed by atoms with E-state index in [9.17, 15) is 0 Å². The quantitative estimate of drug-likeness (QED) is 0.704. The molecular formula is C13H20BrClN2. The predicted molar refractivity (Wildman–Crippen MR) is 77.4 cm³/mol. The third kappa shape index (κ3) is 4.94. The Bertz CT molecular complexity index is 329. The first-order valence-electron chi connectivity index (χ1n) is 6.10. The molecule has 0 fully saturated rings. The van der Waals surface area contributed by atoms with Gasteiger partial charge in [-0.15, -0.1) is 11.6 Å². The summed E-state index contributed by atoms with van der Waals surface area (Å²) in [5.74, 6) is 0.679. The van der Waals surface area contributed by atoms with Crippen molar-refractivity contribution in [2.45, 2.75) is 39.3 Å². The first-order valence-corrected chi connectivity index (χ1v) is 7.43. The van der Waals surface area contributed by atoms with E-state index in [2.05, 4.69) is 45.7 Å². The molecule has 17 heavy (non-hydrogen) atoms. The van der Waals surface area contributed by atoms with Crippen LogP contribution >= 0.6 is 27.5 Å². The smallest absolute Gasteiger partial charge is 0.0410 e. The van der Waals surface area contributed by atoms with Gasteiger partial charge >= 0.3 is 0 Å². The van der Waals surface area contributed by atoms with Crippen LogP contribution in [0.25, 0.3) is 0 Å².